The first-order valence-electron chi connectivity index (χ1n) is 6.48. The van der Waals surface area contributed by atoms with Crippen molar-refractivity contribution in [2.75, 3.05) is 19.6 Å². The molecule has 0 aromatic heterocycles. The van der Waals surface area contributed by atoms with Gasteiger partial charge in [0.1, 0.15) is 0 Å². The average Bonchev–Trinajstić information content (AvgIpc) is 2.86. The van der Waals surface area contributed by atoms with E-state index in [4.69, 9.17) is 5.73 Å². The van der Waals surface area contributed by atoms with Crippen molar-refractivity contribution in [1.29, 1.82) is 0 Å². The number of nitrogens with zero attached hydrogens (tertiary/aromatic N) is 1. The van der Waals surface area contributed by atoms with Crippen molar-refractivity contribution in [2.24, 2.45) is 23.5 Å². The molecular weight excluding hydrogens is 184 g/mol. The third-order valence-corrected chi connectivity index (χ3v) is 3.08. The lowest BCUT2D eigenvalue weighted by atomic mass is 10.1. The van der Waals surface area contributed by atoms with Gasteiger partial charge in [-0.2, -0.15) is 0 Å². The molecule has 0 spiro atoms. The van der Waals surface area contributed by atoms with Crippen LogP contribution in [0.15, 0.2) is 0 Å². The van der Waals surface area contributed by atoms with Crippen LogP contribution in [-0.2, 0) is 0 Å². The molecule has 1 atom stereocenters. The predicted molar refractivity (Wildman–Crippen MR) is 66.8 cm³/mol. The summed E-state index contributed by atoms with van der Waals surface area (Å²) in [5.74, 6) is 2.39. The fraction of sp³-hybridized carbons (Fsp3) is 1.00. The van der Waals surface area contributed by atoms with Crippen molar-refractivity contribution in [1.82, 2.24) is 4.90 Å². The van der Waals surface area contributed by atoms with Gasteiger partial charge in [0, 0.05) is 25.7 Å². The van der Waals surface area contributed by atoms with E-state index in [-0.39, 0.29) is 0 Å². The van der Waals surface area contributed by atoms with Crippen LogP contribution in [-0.4, -0.2) is 30.6 Å². The molecule has 2 N–H and O–H groups in total. The van der Waals surface area contributed by atoms with Crippen molar-refractivity contribution in [3.63, 3.8) is 0 Å². The van der Waals surface area contributed by atoms with Crippen LogP contribution in [0, 0.1) is 17.8 Å². The van der Waals surface area contributed by atoms with Gasteiger partial charge in [0.2, 0.25) is 0 Å². The van der Waals surface area contributed by atoms with Crippen molar-refractivity contribution in [2.45, 2.75) is 46.6 Å². The topological polar surface area (TPSA) is 29.3 Å². The fourth-order valence-electron chi connectivity index (χ4n) is 2.40. The molecule has 1 aliphatic rings. The molecule has 0 saturated heterocycles. The molecule has 0 bridgehead atoms. The molecule has 0 aromatic rings. The Bertz CT molecular complexity index is 163. The van der Waals surface area contributed by atoms with Gasteiger partial charge in [-0.3, -0.25) is 4.90 Å². The lowest BCUT2D eigenvalue weighted by molar-refractivity contribution is 0.144. The molecule has 0 aliphatic heterocycles. The van der Waals surface area contributed by atoms with E-state index in [1.54, 1.807) is 0 Å². The quantitative estimate of drug-likeness (QED) is 0.702. The molecular formula is C13H28N2. The molecule has 1 rings (SSSR count). The Labute approximate surface area is 95.2 Å². The number of nitrogens with two attached hydrogens (primary N) is 1. The fourth-order valence-corrected chi connectivity index (χ4v) is 2.40. The minimum atomic E-state index is 0.648. The molecule has 1 unspecified atom stereocenters. The Kier molecular flexibility index (Phi) is 5.07. The summed E-state index contributed by atoms with van der Waals surface area (Å²) in [5.41, 5.74) is 5.92. The second kappa shape index (κ2) is 5.86. The minimum absolute atomic E-state index is 0.648. The Hall–Kier alpha value is -0.0800. The third-order valence-electron chi connectivity index (χ3n) is 3.08. The second-order valence-electron chi connectivity index (χ2n) is 5.88. The third kappa shape index (κ3) is 4.52. The van der Waals surface area contributed by atoms with E-state index >= 15 is 0 Å². The van der Waals surface area contributed by atoms with Gasteiger partial charge < -0.3 is 5.73 Å². The number of hydrogen-bond donors (Lipinski definition) is 1. The zero-order chi connectivity index (χ0) is 11.4. The largest absolute Gasteiger partial charge is 0.329 e. The van der Waals surface area contributed by atoms with Gasteiger partial charge in [-0.25, -0.2) is 0 Å². The van der Waals surface area contributed by atoms with Gasteiger partial charge in [0.05, 0.1) is 0 Å². The van der Waals surface area contributed by atoms with E-state index in [9.17, 15) is 0 Å². The molecule has 0 radical (unpaired) electrons. The monoisotopic (exact) mass is 212 g/mol. The number of rotatable bonds is 7. The zero-order valence-corrected chi connectivity index (χ0v) is 10.9. The second-order valence-corrected chi connectivity index (χ2v) is 5.88. The summed E-state index contributed by atoms with van der Waals surface area (Å²) >= 11 is 0. The standard InChI is InChI=1S/C13H28N2/c1-10(2)8-15(9-11(3)4)13(7-14)12-5-6-12/h10-13H,5-9,14H2,1-4H3. The van der Waals surface area contributed by atoms with Crippen molar-refractivity contribution >= 4 is 0 Å². The van der Waals surface area contributed by atoms with E-state index in [0.717, 1.165) is 24.3 Å². The van der Waals surface area contributed by atoms with Crippen LogP contribution < -0.4 is 5.73 Å². The number of hydrogen-bond acceptors (Lipinski definition) is 2. The van der Waals surface area contributed by atoms with Crippen LogP contribution in [0.25, 0.3) is 0 Å². The van der Waals surface area contributed by atoms with Gasteiger partial charge in [-0.15, -0.1) is 0 Å². The average molecular weight is 212 g/mol. The molecule has 2 nitrogen and oxygen atoms in total. The van der Waals surface area contributed by atoms with Gasteiger partial charge in [-0.1, -0.05) is 27.7 Å². The van der Waals surface area contributed by atoms with Crippen molar-refractivity contribution < 1.29 is 0 Å². The summed E-state index contributed by atoms with van der Waals surface area (Å²) in [4.78, 5) is 2.63. The minimum Gasteiger partial charge on any atom is -0.329 e. The summed E-state index contributed by atoms with van der Waals surface area (Å²) in [6, 6.07) is 0.648. The smallest absolute Gasteiger partial charge is 0.0246 e. The maximum atomic E-state index is 5.92. The Morgan fingerprint density at radius 1 is 1.07 bits per heavy atom. The van der Waals surface area contributed by atoms with Crippen LogP contribution >= 0.6 is 0 Å². The van der Waals surface area contributed by atoms with Crippen LogP contribution in [0.4, 0.5) is 0 Å². The first kappa shape index (κ1) is 13.0. The molecule has 1 fully saturated rings. The molecule has 1 aliphatic carbocycles. The maximum Gasteiger partial charge on any atom is 0.0246 e. The first-order chi connectivity index (χ1) is 7.04. The van der Waals surface area contributed by atoms with Crippen LogP contribution in [0.3, 0.4) is 0 Å². The summed E-state index contributed by atoms with van der Waals surface area (Å²) in [6.45, 7) is 12.4. The highest BCUT2D eigenvalue weighted by Gasteiger charge is 2.34. The molecule has 1 saturated carbocycles. The maximum absolute atomic E-state index is 5.92. The highest BCUT2D eigenvalue weighted by atomic mass is 15.2. The predicted octanol–water partition coefficient (Wildman–Crippen LogP) is 2.34. The lowest BCUT2D eigenvalue weighted by Gasteiger charge is -2.33. The lowest BCUT2D eigenvalue weighted by Crippen LogP contribution is -2.45. The van der Waals surface area contributed by atoms with E-state index in [0.29, 0.717) is 6.04 Å². The zero-order valence-electron chi connectivity index (χ0n) is 10.9. The van der Waals surface area contributed by atoms with Gasteiger partial charge in [-0.05, 0) is 30.6 Å². The van der Waals surface area contributed by atoms with Gasteiger partial charge in [0.15, 0.2) is 0 Å². The van der Waals surface area contributed by atoms with E-state index < -0.39 is 0 Å². The summed E-state index contributed by atoms with van der Waals surface area (Å²) < 4.78 is 0. The summed E-state index contributed by atoms with van der Waals surface area (Å²) in [5, 5.41) is 0. The Morgan fingerprint density at radius 3 is 1.80 bits per heavy atom. The first-order valence-corrected chi connectivity index (χ1v) is 6.48. The molecule has 90 valence electrons. The Morgan fingerprint density at radius 2 is 1.53 bits per heavy atom. The molecule has 0 heterocycles. The normalized spacial score (nSPS) is 19.2. The van der Waals surface area contributed by atoms with Crippen molar-refractivity contribution in [3.05, 3.63) is 0 Å². The Balaban J connectivity index is 2.51. The molecule has 0 aromatic carbocycles. The molecule has 15 heavy (non-hydrogen) atoms. The molecule has 0 amide bonds. The van der Waals surface area contributed by atoms with Crippen LogP contribution in [0.2, 0.25) is 0 Å². The van der Waals surface area contributed by atoms with E-state index in [1.165, 1.54) is 25.9 Å². The summed E-state index contributed by atoms with van der Waals surface area (Å²) in [6.07, 6.45) is 2.79. The SMILES string of the molecule is CC(C)CN(CC(C)C)C(CN)C1CC1. The van der Waals surface area contributed by atoms with Crippen LogP contribution in [0.5, 0.6) is 0 Å². The van der Waals surface area contributed by atoms with E-state index in [2.05, 4.69) is 32.6 Å². The van der Waals surface area contributed by atoms with Crippen molar-refractivity contribution in [3.8, 4) is 0 Å². The van der Waals surface area contributed by atoms with E-state index in [1.807, 2.05) is 0 Å². The van der Waals surface area contributed by atoms with Gasteiger partial charge >= 0.3 is 0 Å². The summed E-state index contributed by atoms with van der Waals surface area (Å²) in [7, 11) is 0. The highest BCUT2D eigenvalue weighted by molar-refractivity contribution is 4.89. The van der Waals surface area contributed by atoms with Crippen LogP contribution in [0.1, 0.15) is 40.5 Å². The molecule has 2 heteroatoms. The highest BCUT2D eigenvalue weighted by Crippen LogP contribution is 2.35. The van der Waals surface area contributed by atoms with Gasteiger partial charge in [0.25, 0.3) is 0 Å².